The predicted molar refractivity (Wildman–Crippen MR) is 80.2 cm³/mol. The monoisotopic (exact) mass is 278 g/mol. The molecule has 2 nitrogen and oxygen atoms in total. The molecule has 4 saturated carbocycles. The topological polar surface area (TPSA) is 26.3 Å². The Morgan fingerprint density at radius 1 is 1.05 bits per heavy atom. The highest BCUT2D eigenvalue weighted by Gasteiger charge is 2.58. The Morgan fingerprint density at radius 3 is 1.95 bits per heavy atom. The molecule has 1 atom stereocenters. The van der Waals surface area contributed by atoms with Crippen molar-refractivity contribution in [2.24, 2.45) is 35.5 Å². The summed E-state index contributed by atoms with van der Waals surface area (Å²) in [6, 6.07) is 0. The zero-order valence-electron chi connectivity index (χ0n) is 13.5. The fraction of sp³-hybridized carbons (Fsp3) is 0.944. The third-order valence-corrected chi connectivity index (χ3v) is 6.74. The van der Waals surface area contributed by atoms with Crippen LogP contribution in [0.25, 0.3) is 0 Å². The van der Waals surface area contributed by atoms with Gasteiger partial charge in [0.1, 0.15) is 5.60 Å². The van der Waals surface area contributed by atoms with Gasteiger partial charge in [0.15, 0.2) is 0 Å². The van der Waals surface area contributed by atoms with Crippen molar-refractivity contribution >= 4 is 5.97 Å². The summed E-state index contributed by atoms with van der Waals surface area (Å²) in [5.74, 6) is 3.59. The molecule has 0 aromatic rings. The van der Waals surface area contributed by atoms with Gasteiger partial charge in [-0.05, 0) is 68.1 Å². The fourth-order valence-corrected chi connectivity index (χ4v) is 5.35. The first-order valence-electron chi connectivity index (χ1n) is 8.69. The summed E-state index contributed by atoms with van der Waals surface area (Å²) in [6.07, 6.45) is 7.70. The highest BCUT2D eigenvalue weighted by Crippen LogP contribution is 2.60. The largest absolute Gasteiger partial charge is 0.458 e. The molecule has 4 aliphatic rings. The number of carbonyl (C=O) groups is 1. The Labute approximate surface area is 123 Å². The lowest BCUT2D eigenvalue weighted by molar-refractivity contribution is -0.215. The second-order valence-electron chi connectivity index (χ2n) is 8.07. The third kappa shape index (κ3) is 2.10. The van der Waals surface area contributed by atoms with Crippen LogP contribution in [0.15, 0.2) is 0 Å². The lowest BCUT2D eigenvalue weighted by atomic mass is 9.49. The second kappa shape index (κ2) is 5.03. The zero-order chi connectivity index (χ0) is 14.5. The van der Waals surface area contributed by atoms with Crippen molar-refractivity contribution in [3.8, 4) is 0 Å². The number of ether oxygens (including phenoxy) is 1. The number of hydrogen-bond acceptors (Lipinski definition) is 2. The Hall–Kier alpha value is -0.530. The second-order valence-corrected chi connectivity index (χ2v) is 8.07. The van der Waals surface area contributed by atoms with Gasteiger partial charge >= 0.3 is 5.97 Å². The van der Waals surface area contributed by atoms with Crippen molar-refractivity contribution in [1.29, 1.82) is 0 Å². The summed E-state index contributed by atoms with van der Waals surface area (Å²) in [5.41, 5.74) is -0.117. The molecule has 4 bridgehead atoms. The van der Waals surface area contributed by atoms with E-state index in [4.69, 9.17) is 4.74 Å². The van der Waals surface area contributed by atoms with Gasteiger partial charge in [-0.2, -0.15) is 0 Å². The Balaban J connectivity index is 1.80. The van der Waals surface area contributed by atoms with Crippen LogP contribution in [0.3, 0.4) is 0 Å². The van der Waals surface area contributed by atoms with Gasteiger partial charge in [-0.15, -0.1) is 0 Å². The minimum atomic E-state index is -0.117. The average molecular weight is 278 g/mol. The van der Waals surface area contributed by atoms with E-state index in [0.29, 0.717) is 17.8 Å². The van der Waals surface area contributed by atoms with E-state index in [2.05, 4.69) is 20.8 Å². The zero-order valence-corrected chi connectivity index (χ0v) is 13.5. The molecule has 4 aliphatic carbocycles. The van der Waals surface area contributed by atoms with Gasteiger partial charge < -0.3 is 4.74 Å². The normalized spacial score (nSPS) is 43.9. The van der Waals surface area contributed by atoms with E-state index in [1.165, 1.54) is 32.1 Å². The van der Waals surface area contributed by atoms with Crippen LogP contribution in [-0.2, 0) is 9.53 Å². The molecule has 2 heteroatoms. The van der Waals surface area contributed by atoms with Gasteiger partial charge in [0, 0.05) is 0 Å². The van der Waals surface area contributed by atoms with Crippen LogP contribution in [0.2, 0.25) is 0 Å². The van der Waals surface area contributed by atoms with Gasteiger partial charge in [-0.1, -0.05) is 27.7 Å². The van der Waals surface area contributed by atoms with Crippen molar-refractivity contribution in [3.05, 3.63) is 0 Å². The van der Waals surface area contributed by atoms with Gasteiger partial charge in [-0.25, -0.2) is 0 Å². The number of hydrogen-bond donors (Lipinski definition) is 0. The highest BCUT2D eigenvalue weighted by atomic mass is 16.6. The Bertz CT molecular complexity index is 357. The van der Waals surface area contributed by atoms with Crippen molar-refractivity contribution < 1.29 is 9.53 Å². The standard InChI is InChI=1S/C18H30O2/c1-5-18(20-17(19)12(4)11(2)3)15-7-13-6-14(9-15)10-16(18)8-13/h11-16H,5-10H2,1-4H3. The summed E-state index contributed by atoms with van der Waals surface area (Å²) >= 11 is 0. The average Bonchev–Trinajstić information content (AvgIpc) is 2.41. The van der Waals surface area contributed by atoms with Crippen LogP contribution in [-0.4, -0.2) is 11.6 Å². The van der Waals surface area contributed by atoms with Crippen LogP contribution in [0, 0.1) is 35.5 Å². The van der Waals surface area contributed by atoms with Crippen LogP contribution >= 0.6 is 0 Å². The molecule has 0 aromatic heterocycles. The highest BCUT2D eigenvalue weighted by molar-refractivity contribution is 5.73. The molecule has 4 fully saturated rings. The molecule has 0 radical (unpaired) electrons. The molecule has 0 heterocycles. The van der Waals surface area contributed by atoms with E-state index in [1.54, 1.807) is 0 Å². The van der Waals surface area contributed by atoms with Crippen molar-refractivity contribution in [2.45, 2.75) is 71.8 Å². The van der Waals surface area contributed by atoms with Gasteiger partial charge in [0.25, 0.3) is 0 Å². The molecule has 0 N–H and O–H groups in total. The first-order chi connectivity index (χ1) is 9.46. The summed E-state index contributed by atoms with van der Waals surface area (Å²) in [5, 5.41) is 0. The maximum Gasteiger partial charge on any atom is 0.309 e. The maximum atomic E-state index is 12.5. The van der Waals surface area contributed by atoms with Gasteiger partial charge in [-0.3, -0.25) is 4.79 Å². The van der Waals surface area contributed by atoms with Crippen molar-refractivity contribution in [1.82, 2.24) is 0 Å². The minimum absolute atomic E-state index is 0.0237. The smallest absolute Gasteiger partial charge is 0.309 e. The number of rotatable bonds is 4. The quantitative estimate of drug-likeness (QED) is 0.711. The van der Waals surface area contributed by atoms with Crippen LogP contribution in [0.5, 0.6) is 0 Å². The molecule has 0 saturated heterocycles. The van der Waals surface area contributed by atoms with E-state index < -0.39 is 0 Å². The number of esters is 1. The minimum Gasteiger partial charge on any atom is -0.458 e. The molecule has 20 heavy (non-hydrogen) atoms. The van der Waals surface area contributed by atoms with Gasteiger partial charge in [0.2, 0.25) is 0 Å². The first kappa shape index (κ1) is 14.4. The lowest BCUT2D eigenvalue weighted by Crippen LogP contribution is -2.59. The molecule has 0 amide bonds. The molecule has 1 unspecified atom stereocenters. The summed E-state index contributed by atoms with van der Waals surface area (Å²) in [7, 11) is 0. The first-order valence-corrected chi connectivity index (χ1v) is 8.69. The van der Waals surface area contributed by atoms with E-state index in [1.807, 2.05) is 6.92 Å². The predicted octanol–water partition coefficient (Wildman–Crippen LogP) is 4.43. The van der Waals surface area contributed by atoms with E-state index in [9.17, 15) is 4.79 Å². The van der Waals surface area contributed by atoms with Crippen molar-refractivity contribution in [2.75, 3.05) is 0 Å². The van der Waals surface area contributed by atoms with Crippen LogP contribution in [0.4, 0.5) is 0 Å². The van der Waals surface area contributed by atoms with Gasteiger partial charge in [0.05, 0.1) is 5.92 Å². The SMILES string of the molecule is CCC1(OC(=O)C(C)C(C)C)C2CC3CC(C2)CC1C3. The molecular formula is C18H30O2. The lowest BCUT2D eigenvalue weighted by Gasteiger charge is -2.60. The molecule has 0 aromatic carbocycles. The Kier molecular flexibility index (Phi) is 3.63. The molecule has 114 valence electrons. The Morgan fingerprint density at radius 2 is 1.55 bits per heavy atom. The van der Waals surface area contributed by atoms with Crippen LogP contribution < -0.4 is 0 Å². The maximum absolute atomic E-state index is 12.5. The third-order valence-electron chi connectivity index (χ3n) is 6.74. The molecule has 0 spiro atoms. The molecule has 0 aliphatic heterocycles. The van der Waals surface area contributed by atoms with Crippen LogP contribution in [0.1, 0.15) is 66.2 Å². The van der Waals surface area contributed by atoms with E-state index in [-0.39, 0.29) is 17.5 Å². The summed E-state index contributed by atoms with van der Waals surface area (Å²) in [6.45, 7) is 8.48. The molecule has 4 rings (SSSR count). The summed E-state index contributed by atoms with van der Waals surface area (Å²) in [4.78, 5) is 12.5. The summed E-state index contributed by atoms with van der Waals surface area (Å²) < 4.78 is 6.25. The fourth-order valence-electron chi connectivity index (χ4n) is 5.35. The molecular weight excluding hydrogens is 248 g/mol. The van der Waals surface area contributed by atoms with Crippen molar-refractivity contribution in [3.63, 3.8) is 0 Å². The van der Waals surface area contributed by atoms with E-state index >= 15 is 0 Å². The van der Waals surface area contributed by atoms with E-state index in [0.717, 1.165) is 18.3 Å². The number of carbonyl (C=O) groups excluding carboxylic acids is 1.